The summed E-state index contributed by atoms with van der Waals surface area (Å²) in [5, 5.41) is 15.8. The maximum Gasteiger partial charge on any atom is 0.247 e. The van der Waals surface area contributed by atoms with E-state index in [1.54, 1.807) is 4.90 Å². The fraction of sp³-hybridized carbons (Fsp3) is 0.533. The first-order valence-electron chi connectivity index (χ1n) is 7.31. The lowest BCUT2D eigenvalue weighted by Gasteiger charge is -2.40. The van der Waals surface area contributed by atoms with Crippen molar-refractivity contribution in [2.75, 3.05) is 36.9 Å². The van der Waals surface area contributed by atoms with Gasteiger partial charge in [0.15, 0.2) is 0 Å². The highest BCUT2D eigenvalue weighted by molar-refractivity contribution is 5.89. The lowest BCUT2D eigenvalue weighted by Crippen LogP contribution is -2.57. The first kappa shape index (κ1) is 14.2. The second-order valence-electron chi connectivity index (χ2n) is 5.60. The van der Waals surface area contributed by atoms with Crippen molar-refractivity contribution < 1.29 is 14.6 Å². The molecule has 2 aliphatic rings. The van der Waals surface area contributed by atoms with Crippen LogP contribution in [0.25, 0.3) is 0 Å². The molecule has 3 unspecified atom stereocenters. The number of para-hydroxylation sites is 2. The lowest BCUT2D eigenvalue weighted by atomic mass is 10.1. The van der Waals surface area contributed by atoms with E-state index >= 15 is 0 Å². The molecule has 1 saturated heterocycles. The third kappa shape index (κ3) is 2.82. The maximum absolute atomic E-state index is 12.7. The minimum Gasteiger partial charge on any atom is -0.394 e. The lowest BCUT2D eigenvalue weighted by molar-refractivity contribution is -0.146. The van der Waals surface area contributed by atoms with Crippen molar-refractivity contribution in [1.29, 1.82) is 0 Å². The standard InChI is InChI=1S/C15H21N3O3/c1-10-9-21-11(8-19)7-18(10)15(20)14-6-16-12-4-2-3-5-13(12)17-14/h2-5,10-11,14,16-17,19H,6-9H2,1H3. The molecule has 0 aliphatic carbocycles. The Morgan fingerprint density at radius 2 is 2.19 bits per heavy atom. The van der Waals surface area contributed by atoms with Gasteiger partial charge in [0.2, 0.25) is 5.91 Å². The molecular weight excluding hydrogens is 270 g/mol. The number of fused-ring (bicyclic) bond motifs is 1. The van der Waals surface area contributed by atoms with Crippen molar-refractivity contribution in [3.63, 3.8) is 0 Å². The van der Waals surface area contributed by atoms with E-state index in [0.717, 1.165) is 11.4 Å². The average molecular weight is 291 g/mol. The zero-order valence-electron chi connectivity index (χ0n) is 12.1. The van der Waals surface area contributed by atoms with Gasteiger partial charge in [0, 0.05) is 13.1 Å². The Hall–Kier alpha value is -1.79. The number of nitrogens with zero attached hydrogens (tertiary/aromatic N) is 1. The van der Waals surface area contributed by atoms with E-state index in [2.05, 4.69) is 10.6 Å². The molecule has 2 aliphatic heterocycles. The molecule has 0 aromatic heterocycles. The van der Waals surface area contributed by atoms with Crippen LogP contribution in [0, 0.1) is 0 Å². The molecule has 114 valence electrons. The predicted octanol–water partition coefficient (Wildman–Crippen LogP) is 0.501. The van der Waals surface area contributed by atoms with Crippen LogP contribution in [-0.2, 0) is 9.53 Å². The molecule has 1 aromatic carbocycles. The number of aliphatic hydroxyl groups excluding tert-OH is 1. The molecule has 3 N–H and O–H groups in total. The SMILES string of the molecule is CC1COC(CO)CN1C(=O)C1CNc2ccccc2N1. The molecule has 1 aromatic rings. The van der Waals surface area contributed by atoms with Crippen molar-refractivity contribution >= 4 is 17.3 Å². The van der Waals surface area contributed by atoms with Gasteiger partial charge in [0.1, 0.15) is 6.04 Å². The maximum atomic E-state index is 12.7. The first-order valence-corrected chi connectivity index (χ1v) is 7.31. The Morgan fingerprint density at radius 1 is 1.43 bits per heavy atom. The summed E-state index contributed by atoms with van der Waals surface area (Å²) >= 11 is 0. The fourth-order valence-corrected chi connectivity index (χ4v) is 2.80. The number of anilines is 2. The van der Waals surface area contributed by atoms with Gasteiger partial charge < -0.3 is 25.4 Å². The molecule has 21 heavy (non-hydrogen) atoms. The van der Waals surface area contributed by atoms with Gasteiger partial charge in [0.05, 0.1) is 36.7 Å². The van der Waals surface area contributed by atoms with Crippen LogP contribution in [0.3, 0.4) is 0 Å². The van der Waals surface area contributed by atoms with E-state index in [-0.39, 0.29) is 30.7 Å². The predicted molar refractivity (Wildman–Crippen MR) is 80.3 cm³/mol. The van der Waals surface area contributed by atoms with Crippen molar-refractivity contribution in [1.82, 2.24) is 4.90 Å². The van der Waals surface area contributed by atoms with Crippen LogP contribution in [-0.4, -0.2) is 60.4 Å². The second kappa shape index (κ2) is 5.91. The largest absolute Gasteiger partial charge is 0.394 e. The molecule has 0 saturated carbocycles. The Morgan fingerprint density at radius 3 is 2.95 bits per heavy atom. The van der Waals surface area contributed by atoms with Gasteiger partial charge in [-0.2, -0.15) is 0 Å². The number of carbonyl (C=O) groups excluding carboxylic acids is 1. The molecule has 3 rings (SSSR count). The highest BCUT2D eigenvalue weighted by Crippen LogP contribution is 2.26. The molecule has 6 heteroatoms. The van der Waals surface area contributed by atoms with Gasteiger partial charge in [-0.05, 0) is 19.1 Å². The third-order valence-electron chi connectivity index (χ3n) is 4.04. The monoisotopic (exact) mass is 291 g/mol. The number of carbonyl (C=O) groups is 1. The van der Waals surface area contributed by atoms with Gasteiger partial charge >= 0.3 is 0 Å². The van der Waals surface area contributed by atoms with Crippen LogP contribution in [0.15, 0.2) is 24.3 Å². The van der Waals surface area contributed by atoms with Crippen molar-refractivity contribution in [2.24, 2.45) is 0 Å². The third-order valence-corrected chi connectivity index (χ3v) is 4.04. The Balaban J connectivity index is 1.71. The molecule has 0 bridgehead atoms. The van der Waals surface area contributed by atoms with Crippen LogP contribution in [0.5, 0.6) is 0 Å². The number of ether oxygens (including phenoxy) is 1. The Bertz CT molecular complexity index is 523. The van der Waals surface area contributed by atoms with E-state index in [4.69, 9.17) is 4.74 Å². The highest BCUT2D eigenvalue weighted by atomic mass is 16.5. The minimum absolute atomic E-state index is 0.0271. The number of nitrogens with one attached hydrogen (secondary N) is 2. The quantitative estimate of drug-likeness (QED) is 0.740. The molecule has 3 atom stereocenters. The van der Waals surface area contributed by atoms with Gasteiger partial charge in [-0.15, -0.1) is 0 Å². The molecule has 6 nitrogen and oxygen atoms in total. The van der Waals surface area contributed by atoms with E-state index in [9.17, 15) is 9.90 Å². The minimum atomic E-state index is -0.292. The van der Waals surface area contributed by atoms with Crippen molar-refractivity contribution in [3.05, 3.63) is 24.3 Å². The van der Waals surface area contributed by atoms with Crippen LogP contribution in [0.2, 0.25) is 0 Å². The summed E-state index contributed by atoms with van der Waals surface area (Å²) in [6.45, 7) is 3.37. The molecule has 0 spiro atoms. The number of aliphatic hydroxyl groups is 1. The molecule has 1 amide bonds. The van der Waals surface area contributed by atoms with Gasteiger partial charge in [-0.1, -0.05) is 12.1 Å². The number of rotatable bonds is 2. The zero-order chi connectivity index (χ0) is 14.8. The molecular formula is C15H21N3O3. The van der Waals surface area contributed by atoms with Gasteiger partial charge in [-0.25, -0.2) is 0 Å². The highest BCUT2D eigenvalue weighted by Gasteiger charge is 2.34. The van der Waals surface area contributed by atoms with Gasteiger partial charge in [-0.3, -0.25) is 4.79 Å². The van der Waals surface area contributed by atoms with Crippen LogP contribution in [0.4, 0.5) is 11.4 Å². The normalized spacial score (nSPS) is 28.3. The van der Waals surface area contributed by atoms with Crippen molar-refractivity contribution in [3.8, 4) is 0 Å². The number of hydrogen-bond donors (Lipinski definition) is 3. The summed E-state index contributed by atoms with van der Waals surface area (Å²) in [6, 6.07) is 7.59. The number of benzene rings is 1. The zero-order valence-corrected chi connectivity index (χ0v) is 12.1. The topological polar surface area (TPSA) is 73.8 Å². The van der Waals surface area contributed by atoms with E-state index in [1.807, 2.05) is 31.2 Å². The van der Waals surface area contributed by atoms with Crippen LogP contribution >= 0.6 is 0 Å². The smallest absolute Gasteiger partial charge is 0.247 e. The molecule has 0 radical (unpaired) electrons. The number of amides is 1. The van der Waals surface area contributed by atoms with Crippen LogP contribution in [0.1, 0.15) is 6.92 Å². The van der Waals surface area contributed by atoms with Crippen molar-refractivity contribution in [2.45, 2.75) is 25.1 Å². The van der Waals surface area contributed by atoms with Crippen LogP contribution < -0.4 is 10.6 Å². The first-order chi connectivity index (χ1) is 10.2. The summed E-state index contributed by atoms with van der Waals surface area (Å²) in [6.07, 6.45) is -0.283. The Kier molecular flexibility index (Phi) is 3.98. The molecule has 2 heterocycles. The Labute approximate surface area is 124 Å². The number of hydrogen-bond acceptors (Lipinski definition) is 5. The second-order valence-corrected chi connectivity index (χ2v) is 5.60. The van der Waals surface area contributed by atoms with E-state index in [0.29, 0.717) is 19.7 Å². The fourth-order valence-electron chi connectivity index (χ4n) is 2.80. The molecule has 1 fully saturated rings. The van der Waals surface area contributed by atoms with Gasteiger partial charge in [0.25, 0.3) is 0 Å². The van der Waals surface area contributed by atoms with E-state index in [1.165, 1.54) is 0 Å². The number of morpholine rings is 1. The van der Waals surface area contributed by atoms with E-state index < -0.39 is 0 Å². The summed E-state index contributed by atoms with van der Waals surface area (Å²) in [5.74, 6) is 0.0475. The summed E-state index contributed by atoms with van der Waals surface area (Å²) in [5.41, 5.74) is 1.96. The summed E-state index contributed by atoms with van der Waals surface area (Å²) < 4.78 is 5.48. The summed E-state index contributed by atoms with van der Waals surface area (Å²) in [4.78, 5) is 14.5. The average Bonchev–Trinajstić information content (AvgIpc) is 2.54. The summed E-state index contributed by atoms with van der Waals surface area (Å²) in [7, 11) is 0.